The number of rotatable bonds is 5. The summed E-state index contributed by atoms with van der Waals surface area (Å²) in [7, 11) is 0. The molecule has 1 aromatic rings. The van der Waals surface area contributed by atoms with Gasteiger partial charge in [-0.05, 0) is 31.0 Å². The first kappa shape index (κ1) is 10.5. The van der Waals surface area contributed by atoms with Crippen molar-refractivity contribution in [2.24, 2.45) is 0 Å². The lowest BCUT2D eigenvalue weighted by molar-refractivity contribution is 0.592. The van der Waals surface area contributed by atoms with Crippen LogP contribution in [0.2, 0.25) is 0 Å². The Balaban J connectivity index is 1.76. The lowest BCUT2D eigenvalue weighted by Gasteiger charge is -2.11. The zero-order valence-electron chi connectivity index (χ0n) is 9.42. The van der Waals surface area contributed by atoms with E-state index in [0.717, 1.165) is 19.5 Å². The summed E-state index contributed by atoms with van der Waals surface area (Å²) >= 11 is 0. The van der Waals surface area contributed by atoms with Crippen LogP contribution in [0.15, 0.2) is 24.3 Å². The second-order valence-electron chi connectivity index (χ2n) is 4.26. The van der Waals surface area contributed by atoms with E-state index in [2.05, 4.69) is 41.8 Å². The molecule has 2 rings (SSSR count). The van der Waals surface area contributed by atoms with Gasteiger partial charge in [-0.1, -0.05) is 31.5 Å². The zero-order valence-corrected chi connectivity index (χ0v) is 9.42. The Morgan fingerprint density at radius 3 is 3.07 bits per heavy atom. The molecule has 1 unspecified atom stereocenters. The van der Waals surface area contributed by atoms with Crippen molar-refractivity contribution in [1.29, 1.82) is 0 Å². The van der Waals surface area contributed by atoms with Crippen molar-refractivity contribution in [3.05, 3.63) is 29.8 Å². The first-order valence-electron chi connectivity index (χ1n) is 5.95. The molecule has 2 N–H and O–H groups in total. The summed E-state index contributed by atoms with van der Waals surface area (Å²) in [5.74, 6) is 0. The summed E-state index contributed by atoms with van der Waals surface area (Å²) in [4.78, 5) is 0. The molecule has 1 aromatic carbocycles. The van der Waals surface area contributed by atoms with Gasteiger partial charge < -0.3 is 10.6 Å². The third-order valence-corrected chi connectivity index (χ3v) is 2.94. The SMILES string of the molecule is CCCCNCC1Cc2ccccc2N1. The van der Waals surface area contributed by atoms with E-state index in [-0.39, 0.29) is 0 Å². The predicted octanol–water partition coefficient (Wildman–Crippen LogP) is 2.41. The molecule has 1 aliphatic rings. The van der Waals surface area contributed by atoms with Crippen LogP contribution in [-0.2, 0) is 6.42 Å². The first-order valence-corrected chi connectivity index (χ1v) is 5.95. The molecular weight excluding hydrogens is 184 g/mol. The van der Waals surface area contributed by atoms with E-state index in [0.29, 0.717) is 6.04 Å². The minimum atomic E-state index is 0.583. The number of hydrogen-bond acceptors (Lipinski definition) is 2. The number of anilines is 1. The molecule has 0 spiro atoms. The number of para-hydroxylation sites is 1. The van der Waals surface area contributed by atoms with E-state index in [9.17, 15) is 0 Å². The second kappa shape index (κ2) is 5.17. The molecule has 2 nitrogen and oxygen atoms in total. The summed E-state index contributed by atoms with van der Waals surface area (Å²) in [5, 5.41) is 7.05. The molecule has 0 amide bonds. The van der Waals surface area contributed by atoms with Gasteiger partial charge in [0.15, 0.2) is 0 Å². The molecule has 15 heavy (non-hydrogen) atoms. The van der Waals surface area contributed by atoms with Gasteiger partial charge >= 0.3 is 0 Å². The topological polar surface area (TPSA) is 24.1 Å². The summed E-state index contributed by atoms with van der Waals surface area (Å²) in [6.07, 6.45) is 3.71. The fourth-order valence-corrected chi connectivity index (χ4v) is 2.08. The highest BCUT2D eigenvalue weighted by Gasteiger charge is 2.18. The van der Waals surface area contributed by atoms with Crippen molar-refractivity contribution < 1.29 is 0 Å². The van der Waals surface area contributed by atoms with Crippen molar-refractivity contribution >= 4 is 5.69 Å². The van der Waals surface area contributed by atoms with Gasteiger partial charge in [-0.15, -0.1) is 0 Å². The summed E-state index contributed by atoms with van der Waals surface area (Å²) in [6, 6.07) is 9.18. The molecular formula is C13H20N2. The van der Waals surface area contributed by atoms with Crippen LogP contribution in [-0.4, -0.2) is 19.1 Å². The molecule has 1 atom stereocenters. The maximum atomic E-state index is 3.55. The lowest BCUT2D eigenvalue weighted by Crippen LogP contribution is -2.31. The summed E-state index contributed by atoms with van der Waals surface area (Å²) < 4.78 is 0. The number of unbranched alkanes of at least 4 members (excludes halogenated alkanes) is 1. The van der Waals surface area contributed by atoms with Gasteiger partial charge in [-0.3, -0.25) is 0 Å². The van der Waals surface area contributed by atoms with Crippen molar-refractivity contribution in [3.8, 4) is 0 Å². The highest BCUT2D eigenvalue weighted by atomic mass is 15.0. The van der Waals surface area contributed by atoms with E-state index in [1.54, 1.807) is 0 Å². The normalized spacial score (nSPS) is 18.6. The molecule has 82 valence electrons. The second-order valence-corrected chi connectivity index (χ2v) is 4.26. The summed E-state index contributed by atoms with van der Waals surface area (Å²) in [5.41, 5.74) is 2.78. The number of nitrogens with one attached hydrogen (secondary N) is 2. The van der Waals surface area contributed by atoms with Crippen LogP contribution in [0.25, 0.3) is 0 Å². The van der Waals surface area contributed by atoms with Gasteiger partial charge in [-0.25, -0.2) is 0 Å². The van der Waals surface area contributed by atoms with Crippen LogP contribution >= 0.6 is 0 Å². The Labute approximate surface area is 92.1 Å². The highest BCUT2D eigenvalue weighted by Crippen LogP contribution is 2.24. The van der Waals surface area contributed by atoms with E-state index in [1.807, 2.05) is 0 Å². The van der Waals surface area contributed by atoms with Gasteiger partial charge in [0.25, 0.3) is 0 Å². The number of fused-ring (bicyclic) bond motifs is 1. The molecule has 2 heteroatoms. The van der Waals surface area contributed by atoms with Crippen LogP contribution < -0.4 is 10.6 Å². The molecule has 0 fully saturated rings. The molecule has 1 aliphatic heterocycles. The van der Waals surface area contributed by atoms with Crippen LogP contribution in [0, 0.1) is 0 Å². The molecule has 0 radical (unpaired) electrons. The van der Waals surface area contributed by atoms with Crippen molar-refractivity contribution in [2.75, 3.05) is 18.4 Å². The van der Waals surface area contributed by atoms with Gasteiger partial charge in [0.2, 0.25) is 0 Å². The van der Waals surface area contributed by atoms with Crippen molar-refractivity contribution in [2.45, 2.75) is 32.2 Å². The third kappa shape index (κ3) is 2.72. The van der Waals surface area contributed by atoms with Gasteiger partial charge in [0, 0.05) is 18.3 Å². The minimum Gasteiger partial charge on any atom is -0.380 e. The Kier molecular flexibility index (Phi) is 3.62. The first-order chi connectivity index (χ1) is 7.40. The number of benzene rings is 1. The molecule has 0 aromatic heterocycles. The van der Waals surface area contributed by atoms with Gasteiger partial charge in [0.1, 0.15) is 0 Å². The van der Waals surface area contributed by atoms with Crippen molar-refractivity contribution in [1.82, 2.24) is 5.32 Å². The third-order valence-electron chi connectivity index (χ3n) is 2.94. The minimum absolute atomic E-state index is 0.583. The molecule has 0 saturated carbocycles. The smallest absolute Gasteiger partial charge is 0.0427 e. The van der Waals surface area contributed by atoms with Crippen LogP contribution in [0.4, 0.5) is 5.69 Å². The van der Waals surface area contributed by atoms with Gasteiger partial charge in [-0.2, -0.15) is 0 Å². The Bertz CT molecular complexity index is 284. The fraction of sp³-hybridized carbons (Fsp3) is 0.538. The molecule has 0 saturated heterocycles. The molecule has 0 bridgehead atoms. The summed E-state index contributed by atoms with van der Waals surface area (Å²) in [6.45, 7) is 4.45. The van der Waals surface area contributed by atoms with E-state index in [1.165, 1.54) is 24.1 Å². The maximum absolute atomic E-state index is 3.55. The van der Waals surface area contributed by atoms with Crippen molar-refractivity contribution in [3.63, 3.8) is 0 Å². The Morgan fingerprint density at radius 2 is 2.27 bits per heavy atom. The Hall–Kier alpha value is -1.02. The molecule has 1 heterocycles. The van der Waals surface area contributed by atoms with Crippen LogP contribution in [0.5, 0.6) is 0 Å². The van der Waals surface area contributed by atoms with E-state index in [4.69, 9.17) is 0 Å². The predicted molar refractivity (Wildman–Crippen MR) is 65.3 cm³/mol. The largest absolute Gasteiger partial charge is 0.380 e. The average molecular weight is 204 g/mol. The standard InChI is InChI=1S/C13H20N2/c1-2-3-8-14-10-12-9-11-6-4-5-7-13(11)15-12/h4-7,12,14-15H,2-3,8-10H2,1H3. The average Bonchev–Trinajstić information content (AvgIpc) is 2.67. The van der Waals surface area contributed by atoms with E-state index < -0.39 is 0 Å². The maximum Gasteiger partial charge on any atom is 0.0427 e. The van der Waals surface area contributed by atoms with Crippen LogP contribution in [0.1, 0.15) is 25.3 Å². The molecule has 0 aliphatic carbocycles. The van der Waals surface area contributed by atoms with Gasteiger partial charge in [0.05, 0.1) is 0 Å². The Morgan fingerprint density at radius 1 is 1.40 bits per heavy atom. The zero-order chi connectivity index (χ0) is 10.5. The highest BCUT2D eigenvalue weighted by molar-refractivity contribution is 5.56. The lowest BCUT2D eigenvalue weighted by atomic mass is 10.1. The van der Waals surface area contributed by atoms with E-state index >= 15 is 0 Å². The quantitative estimate of drug-likeness (QED) is 0.720. The fourth-order valence-electron chi connectivity index (χ4n) is 2.08. The van der Waals surface area contributed by atoms with Crippen LogP contribution in [0.3, 0.4) is 0 Å². The monoisotopic (exact) mass is 204 g/mol. The number of hydrogen-bond donors (Lipinski definition) is 2.